The second kappa shape index (κ2) is 5.11. The van der Waals surface area contributed by atoms with Gasteiger partial charge >= 0.3 is 0 Å². The first-order chi connectivity index (χ1) is 9.15. The lowest BCUT2D eigenvalue weighted by atomic mass is 10.2. The number of rotatable bonds is 5. The molecule has 1 aliphatic heterocycles. The van der Waals surface area contributed by atoms with Crippen LogP contribution in [0.1, 0.15) is 19.3 Å². The zero-order valence-electron chi connectivity index (χ0n) is 10.7. The summed E-state index contributed by atoms with van der Waals surface area (Å²) in [6.07, 6.45) is 2.91. The molecule has 0 bridgehead atoms. The fraction of sp³-hybridized carbons (Fsp3) is 0.538. The van der Waals surface area contributed by atoms with Gasteiger partial charge in [0.2, 0.25) is 10.0 Å². The van der Waals surface area contributed by atoms with E-state index in [0.717, 1.165) is 32.4 Å². The van der Waals surface area contributed by atoms with E-state index in [9.17, 15) is 8.42 Å². The first-order valence-corrected chi connectivity index (χ1v) is 8.22. The van der Waals surface area contributed by atoms with E-state index in [1.165, 1.54) is 0 Å². The first-order valence-electron chi connectivity index (χ1n) is 6.74. The van der Waals surface area contributed by atoms with E-state index < -0.39 is 10.0 Å². The average Bonchev–Trinajstić information content (AvgIpc) is 3.03. The molecule has 3 N–H and O–H groups in total. The van der Waals surface area contributed by atoms with Crippen molar-refractivity contribution < 1.29 is 8.42 Å². The fourth-order valence-electron chi connectivity index (χ4n) is 2.30. The maximum atomic E-state index is 12.3. The Morgan fingerprint density at radius 1 is 1.11 bits per heavy atom. The van der Waals surface area contributed by atoms with Crippen LogP contribution in [-0.4, -0.2) is 33.6 Å². The van der Waals surface area contributed by atoms with Crippen molar-refractivity contribution in [2.45, 2.75) is 36.2 Å². The van der Waals surface area contributed by atoms with Gasteiger partial charge in [0.15, 0.2) is 0 Å². The van der Waals surface area contributed by atoms with Gasteiger partial charge in [0.1, 0.15) is 4.90 Å². The monoisotopic (exact) mass is 281 g/mol. The molecular formula is C13H19N3O2S. The molecule has 0 radical (unpaired) electrons. The third-order valence-corrected chi connectivity index (χ3v) is 5.07. The molecule has 1 aliphatic carbocycles. The number of sulfonamides is 1. The molecule has 1 saturated carbocycles. The summed E-state index contributed by atoms with van der Waals surface area (Å²) in [7, 11) is -3.40. The SMILES string of the molecule is O=S(=O)(NC1CC1)c1ccccc1NC1CCNC1. The van der Waals surface area contributed by atoms with Crippen molar-refractivity contribution >= 4 is 15.7 Å². The van der Waals surface area contributed by atoms with Crippen LogP contribution in [0.25, 0.3) is 0 Å². The van der Waals surface area contributed by atoms with Gasteiger partial charge in [-0.05, 0) is 37.9 Å². The van der Waals surface area contributed by atoms with Gasteiger partial charge in [0, 0.05) is 18.6 Å². The summed E-state index contributed by atoms with van der Waals surface area (Å²) in [5.74, 6) is 0. The van der Waals surface area contributed by atoms with Crippen LogP contribution in [0, 0.1) is 0 Å². The Bertz CT molecular complexity index is 549. The molecule has 2 fully saturated rings. The van der Waals surface area contributed by atoms with Crippen LogP contribution in [0.3, 0.4) is 0 Å². The molecule has 104 valence electrons. The van der Waals surface area contributed by atoms with Crippen molar-refractivity contribution in [2.24, 2.45) is 0 Å². The van der Waals surface area contributed by atoms with Crippen molar-refractivity contribution in [1.29, 1.82) is 0 Å². The molecule has 2 aliphatic rings. The van der Waals surface area contributed by atoms with Crippen LogP contribution < -0.4 is 15.4 Å². The van der Waals surface area contributed by atoms with Gasteiger partial charge in [0.25, 0.3) is 0 Å². The van der Waals surface area contributed by atoms with E-state index in [0.29, 0.717) is 16.6 Å². The molecule has 1 saturated heterocycles. The van der Waals surface area contributed by atoms with Crippen LogP contribution in [0.15, 0.2) is 29.2 Å². The second-order valence-corrected chi connectivity index (χ2v) is 6.91. The molecule has 0 aromatic heterocycles. The van der Waals surface area contributed by atoms with Gasteiger partial charge in [-0.1, -0.05) is 12.1 Å². The van der Waals surface area contributed by atoms with Crippen molar-refractivity contribution in [3.63, 3.8) is 0 Å². The summed E-state index contributed by atoms with van der Waals surface area (Å²) in [6, 6.07) is 7.55. The molecule has 3 rings (SSSR count). The Kier molecular flexibility index (Phi) is 3.47. The highest BCUT2D eigenvalue weighted by molar-refractivity contribution is 7.89. The van der Waals surface area contributed by atoms with Gasteiger partial charge in [-0.15, -0.1) is 0 Å². The Morgan fingerprint density at radius 2 is 1.89 bits per heavy atom. The van der Waals surface area contributed by atoms with E-state index in [1.54, 1.807) is 12.1 Å². The normalized spacial score (nSPS) is 23.5. The van der Waals surface area contributed by atoms with Crippen LogP contribution in [0.2, 0.25) is 0 Å². The van der Waals surface area contributed by atoms with E-state index in [-0.39, 0.29) is 6.04 Å². The third kappa shape index (κ3) is 3.08. The maximum absolute atomic E-state index is 12.3. The van der Waals surface area contributed by atoms with Crippen LogP contribution >= 0.6 is 0 Å². The van der Waals surface area contributed by atoms with E-state index in [4.69, 9.17) is 0 Å². The number of anilines is 1. The molecule has 0 amide bonds. The number of hydrogen-bond acceptors (Lipinski definition) is 4. The van der Waals surface area contributed by atoms with Gasteiger partial charge in [-0.3, -0.25) is 0 Å². The highest BCUT2D eigenvalue weighted by Crippen LogP contribution is 2.26. The summed E-state index contributed by atoms with van der Waals surface area (Å²) in [5.41, 5.74) is 0.698. The van der Waals surface area contributed by atoms with Crippen LogP contribution in [-0.2, 0) is 10.0 Å². The Balaban J connectivity index is 1.83. The molecule has 5 nitrogen and oxygen atoms in total. The molecule has 6 heteroatoms. The average molecular weight is 281 g/mol. The summed E-state index contributed by atoms with van der Waals surface area (Å²) in [6.45, 7) is 1.86. The summed E-state index contributed by atoms with van der Waals surface area (Å²) in [4.78, 5) is 0.355. The molecule has 19 heavy (non-hydrogen) atoms. The summed E-state index contributed by atoms with van der Waals surface area (Å²) < 4.78 is 27.3. The molecule has 1 heterocycles. The van der Waals surface area contributed by atoms with Crippen LogP contribution in [0.5, 0.6) is 0 Å². The standard InChI is InChI=1S/C13H19N3O2S/c17-19(18,16-10-5-6-10)13-4-2-1-3-12(13)15-11-7-8-14-9-11/h1-4,10-11,14-16H,5-9H2. The highest BCUT2D eigenvalue weighted by Gasteiger charge is 2.29. The number of benzene rings is 1. The molecule has 1 aromatic rings. The van der Waals surface area contributed by atoms with Gasteiger partial charge in [-0.25, -0.2) is 13.1 Å². The van der Waals surface area contributed by atoms with Crippen molar-refractivity contribution in [3.8, 4) is 0 Å². The molecule has 0 spiro atoms. The van der Waals surface area contributed by atoms with E-state index in [2.05, 4.69) is 15.4 Å². The zero-order chi connectivity index (χ0) is 13.3. The number of nitrogens with one attached hydrogen (secondary N) is 3. The van der Waals surface area contributed by atoms with E-state index in [1.807, 2.05) is 12.1 Å². The van der Waals surface area contributed by atoms with Gasteiger partial charge in [0.05, 0.1) is 5.69 Å². The zero-order valence-corrected chi connectivity index (χ0v) is 11.5. The Hall–Kier alpha value is -1.11. The van der Waals surface area contributed by atoms with Gasteiger partial charge in [-0.2, -0.15) is 0 Å². The lowest BCUT2D eigenvalue weighted by Gasteiger charge is -2.17. The van der Waals surface area contributed by atoms with Crippen molar-refractivity contribution in [3.05, 3.63) is 24.3 Å². The Morgan fingerprint density at radius 3 is 2.58 bits per heavy atom. The van der Waals surface area contributed by atoms with Crippen molar-refractivity contribution in [1.82, 2.24) is 10.0 Å². The molecule has 1 aromatic carbocycles. The lowest BCUT2D eigenvalue weighted by Crippen LogP contribution is -2.28. The predicted octanol–water partition coefficient (Wildman–Crippen LogP) is 0.901. The predicted molar refractivity (Wildman–Crippen MR) is 74.7 cm³/mol. The van der Waals surface area contributed by atoms with Crippen LogP contribution in [0.4, 0.5) is 5.69 Å². The fourth-order valence-corrected chi connectivity index (χ4v) is 3.78. The summed E-state index contributed by atoms with van der Waals surface area (Å²) in [5, 5.41) is 6.59. The number of para-hydroxylation sites is 1. The van der Waals surface area contributed by atoms with E-state index >= 15 is 0 Å². The lowest BCUT2D eigenvalue weighted by molar-refractivity contribution is 0.581. The highest BCUT2D eigenvalue weighted by atomic mass is 32.2. The Labute approximate surface area is 113 Å². The number of hydrogen-bond donors (Lipinski definition) is 3. The smallest absolute Gasteiger partial charge is 0.242 e. The van der Waals surface area contributed by atoms with Gasteiger partial charge < -0.3 is 10.6 Å². The minimum absolute atomic E-state index is 0.131. The second-order valence-electron chi connectivity index (χ2n) is 5.23. The molecule has 1 unspecified atom stereocenters. The topological polar surface area (TPSA) is 70.2 Å². The quantitative estimate of drug-likeness (QED) is 0.750. The molecule has 1 atom stereocenters. The molecular weight excluding hydrogens is 262 g/mol. The summed E-state index contributed by atoms with van der Waals surface area (Å²) >= 11 is 0. The van der Waals surface area contributed by atoms with Crippen molar-refractivity contribution in [2.75, 3.05) is 18.4 Å². The third-order valence-electron chi connectivity index (χ3n) is 3.50. The first kappa shape index (κ1) is 12.9. The maximum Gasteiger partial charge on any atom is 0.242 e. The minimum atomic E-state index is -3.40. The minimum Gasteiger partial charge on any atom is -0.380 e. The largest absolute Gasteiger partial charge is 0.380 e.